The first-order valence-corrected chi connectivity index (χ1v) is 14.0. The molecular formula is C38H19N3O2. The minimum Gasteiger partial charge on any atom is -0.456 e. The van der Waals surface area contributed by atoms with Crippen molar-refractivity contribution in [3.05, 3.63) is 126 Å². The van der Waals surface area contributed by atoms with Crippen LogP contribution in [0.15, 0.2) is 124 Å². The van der Waals surface area contributed by atoms with Gasteiger partial charge in [0.1, 0.15) is 22.3 Å². The van der Waals surface area contributed by atoms with Gasteiger partial charge in [0.15, 0.2) is 0 Å². The van der Waals surface area contributed by atoms with Gasteiger partial charge in [-0.1, -0.05) is 48.5 Å². The summed E-state index contributed by atoms with van der Waals surface area (Å²) in [6, 6.07) is 42.9. The fraction of sp³-hybridized carbons (Fsp3) is 0. The summed E-state index contributed by atoms with van der Waals surface area (Å²) in [4.78, 5) is 0. The molecular weight excluding hydrogens is 530 g/mol. The highest BCUT2D eigenvalue weighted by atomic mass is 16.3. The number of aromatic nitrogens is 1. The summed E-state index contributed by atoms with van der Waals surface area (Å²) in [6.07, 6.45) is 0. The maximum absolute atomic E-state index is 9.85. The standard InChI is InChI=1S/C38H19N3O2/c39-20-22-10-13-35-28(15-22)30-18-38-31(19-37(30)42-35)29-17-24(11-14-36(29)43-38)25-12-9-23(21-40)16-34(25)41-32-7-3-1-5-26(32)27-6-2-4-8-33(27)41/h1-19H. The lowest BCUT2D eigenvalue weighted by molar-refractivity contribution is 0.664. The first-order chi connectivity index (χ1) is 21.2. The van der Waals surface area contributed by atoms with E-state index in [2.05, 4.69) is 77.4 Å². The van der Waals surface area contributed by atoms with E-state index in [9.17, 15) is 10.5 Å². The van der Waals surface area contributed by atoms with Gasteiger partial charge in [-0.05, 0) is 72.3 Å². The Morgan fingerprint density at radius 3 is 1.65 bits per heavy atom. The molecule has 0 N–H and O–H groups in total. The van der Waals surface area contributed by atoms with Crippen LogP contribution in [0.1, 0.15) is 11.1 Å². The quantitative estimate of drug-likeness (QED) is 0.215. The minimum absolute atomic E-state index is 0.589. The summed E-state index contributed by atoms with van der Waals surface area (Å²) >= 11 is 0. The molecule has 0 atom stereocenters. The first-order valence-electron chi connectivity index (χ1n) is 14.0. The molecule has 3 aromatic heterocycles. The van der Waals surface area contributed by atoms with E-state index in [1.807, 2.05) is 48.5 Å². The lowest BCUT2D eigenvalue weighted by Gasteiger charge is -2.15. The van der Waals surface area contributed by atoms with Crippen LogP contribution in [0.5, 0.6) is 0 Å². The summed E-state index contributed by atoms with van der Waals surface area (Å²) in [5, 5.41) is 25.3. The average Bonchev–Trinajstić information content (AvgIpc) is 3.71. The average molecular weight is 550 g/mol. The number of furan rings is 2. The molecule has 0 aliphatic carbocycles. The van der Waals surface area contributed by atoms with Crippen LogP contribution in [0, 0.1) is 22.7 Å². The lowest BCUT2D eigenvalue weighted by atomic mass is 9.99. The van der Waals surface area contributed by atoms with E-state index in [0.717, 1.165) is 71.7 Å². The lowest BCUT2D eigenvalue weighted by Crippen LogP contribution is -1.98. The van der Waals surface area contributed by atoms with E-state index in [4.69, 9.17) is 8.83 Å². The van der Waals surface area contributed by atoms with Gasteiger partial charge >= 0.3 is 0 Å². The second kappa shape index (κ2) is 8.60. The van der Waals surface area contributed by atoms with Crippen molar-refractivity contribution < 1.29 is 8.83 Å². The molecule has 5 nitrogen and oxygen atoms in total. The molecule has 9 aromatic rings. The van der Waals surface area contributed by atoms with Crippen LogP contribution < -0.4 is 0 Å². The highest BCUT2D eigenvalue weighted by Crippen LogP contribution is 2.40. The number of hydrogen-bond donors (Lipinski definition) is 0. The van der Waals surface area contributed by atoms with Crippen molar-refractivity contribution in [3.63, 3.8) is 0 Å². The highest BCUT2D eigenvalue weighted by molar-refractivity contribution is 6.15. The molecule has 0 bridgehead atoms. The second-order valence-electron chi connectivity index (χ2n) is 10.8. The van der Waals surface area contributed by atoms with Gasteiger partial charge in [-0.2, -0.15) is 10.5 Å². The van der Waals surface area contributed by atoms with Gasteiger partial charge < -0.3 is 13.4 Å². The minimum atomic E-state index is 0.589. The normalized spacial score (nSPS) is 11.7. The number of fused-ring (bicyclic) bond motifs is 9. The molecule has 43 heavy (non-hydrogen) atoms. The smallest absolute Gasteiger partial charge is 0.136 e. The van der Waals surface area contributed by atoms with Gasteiger partial charge in [-0.25, -0.2) is 0 Å². The van der Waals surface area contributed by atoms with Gasteiger partial charge in [0.2, 0.25) is 0 Å². The maximum Gasteiger partial charge on any atom is 0.136 e. The number of nitriles is 2. The molecule has 0 aliphatic heterocycles. The third kappa shape index (κ3) is 3.31. The van der Waals surface area contributed by atoms with E-state index in [1.54, 1.807) is 6.07 Å². The van der Waals surface area contributed by atoms with Gasteiger partial charge in [-0.3, -0.25) is 0 Å². The van der Waals surface area contributed by atoms with Crippen LogP contribution in [0.25, 0.3) is 82.5 Å². The highest BCUT2D eigenvalue weighted by Gasteiger charge is 2.18. The fourth-order valence-corrected chi connectivity index (χ4v) is 6.50. The largest absolute Gasteiger partial charge is 0.456 e. The molecule has 0 amide bonds. The monoisotopic (exact) mass is 549 g/mol. The molecule has 6 aromatic carbocycles. The van der Waals surface area contributed by atoms with Crippen molar-refractivity contribution in [3.8, 4) is 29.0 Å². The predicted molar refractivity (Wildman–Crippen MR) is 170 cm³/mol. The molecule has 0 spiro atoms. The Balaban J connectivity index is 1.30. The van der Waals surface area contributed by atoms with Crippen molar-refractivity contribution in [2.75, 3.05) is 0 Å². The molecule has 5 heteroatoms. The summed E-state index contributed by atoms with van der Waals surface area (Å²) in [7, 11) is 0. The number of rotatable bonds is 2. The first kappa shape index (κ1) is 23.4. The zero-order chi connectivity index (χ0) is 28.7. The number of para-hydroxylation sites is 2. The topological polar surface area (TPSA) is 78.8 Å². The summed E-state index contributed by atoms with van der Waals surface area (Å²) in [5.41, 5.74) is 9.34. The third-order valence-corrected chi connectivity index (χ3v) is 8.45. The van der Waals surface area contributed by atoms with E-state index < -0.39 is 0 Å². The van der Waals surface area contributed by atoms with Crippen LogP contribution in [-0.4, -0.2) is 4.57 Å². The predicted octanol–water partition coefficient (Wildman–Crippen LogP) is 9.99. The molecule has 0 radical (unpaired) electrons. The Morgan fingerprint density at radius 1 is 0.465 bits per heavy atom. The molecule has 0 saturated carbocycles. The molecule has 0 aliphatic rings. The molecule has 9 rings (SSSR count). The maximum atomic E-state index is 9.85. The Labute approximate surface area is 244 Å². The Morgan fingerprint density at radius 2 is 1.00 bits per heavy atom. The SMILES string of the molecule is N#Cc1ccc(-c2ccc3oc4cc5c(cc4c3c2)oc2ccc(C#N)cc25)c(-n2c3ccccc3c3ccccc32)c1. The van der Waals surface area contributed by atoms with E-state index >= 15 is 0 Å². The van der Waals surface area contributed by atoms with Crippen LogP contribution in [-0.2, 0) is 0 Å². The van der Waals surface area contributed by atoms with Crippen LogP contribution in [0.4, 0.5) is 0 Å². The van der Waals surface area contributed by atoms with Crippen molar-refractivity contribution in [1.29, 1.82) is 10.5 Å². The molecule has 3 heterocycles. The van der Waals surface area contributed by atoms with Gasteiger partial charge in [0.05, 0.1) is 40.0 Å². The van der Waals surface area contributed by atoms with Crippen LogP contribution >= 0.6 is 0 Å². The zero-order valence-corrected chi connectivity index (χ0v) is 22.6. The molecule has 0 saturated heterocycles. The molecule has 0 unspecified atom stereocenters. The Kier molecular flexibility index (Phi) is 4.68. The van der Waals surface area contributed by atoms with E-state index in [-0.39, 0.29) is 0 Å². The van der Waals surface area contributed by atoms with Crippen molar-refractivity contribution in [2.45, 2.75) is 0 Å². The van der Waals surface area contributed by atoms with Crippen molar-refractivity contribution in [1.82, 2.24) is 4.57 Å². The molecule has 198 valence electrons. The van der Waals surface area contributed by atoms with Crippen LogP contribution in [0.3, 0.4) is 0 Å². The fourth-order valence-electron chi connectivity index (χ4n) is 6.50. The summed E-state index contributed by atoms with van der Waals surface area (Å²) < 4.78 is 14.8. The summed E-state index contributed by atoms with van der Waals surface area (Å²) in [6.45, 7) is 0. The number of nitrogens with zero attached hydrogens (tertiary/aromatic N) is 3. The Hall–Kier alpha value is -6.30. The van der Waals surface area contributed by atoms with Crippen molar-refractivity contribution >= 4 is 65.7 Å². The van der Waals surface area contributed by atoms with Gasteiger partial charge in [-0.15, -0.1) is 0 Å². The Bertz CT molecular complexity index is 2650. The summed E-state index contributed by atoms with van der Waals surface area (Å²) in [5.74, 6) is 0. The van der Waals surface area contributed by atoms with Gasteiger partial charge in [0, 0.05) is 37.9 Å². The molecule has 0 fully saturated rings. The number of hydrogen-bond acceptors (Lipinski definition) is 4. The van der Waals surface area contributed by atoms with Gasteiger partial charge in [0.25, 0.3) is 0 Å². The van der Waals surface area contributed by atoms with Crippen LogP contribution in [0.2, 0.25) is 0 Å². The zero-order valence-electron chi connectivity index (χ0n) is 22.6. The number of benzene rings is 6. The second-order valence-corrected chi connectivity index (χ2v) is 10.8. The van der Waals surface area contributed by atoms with Crippen molar-refractivity contribution in [2.24, 2.45) is 0 Å². The van der Waals surface area contributed by atoms with E-state index in [0.29, 0.717) is 11.1 Å². The third-order valence-electron chi connectivity index (χ3n) is 8.45. The van der Waals surface area contributed by atoms with E-state index in [1.165, 1.54) is 10.8 Å².